The third kappa shape index (κ3) is 3.48. The quantitative estimate of drug-likeness (QED) is 0.790. The number of nitrogens with zero attached hydrogens (tertiary/aromatic N) is 1. The van der Waals surface area contributed by atoms with Crippen LogP contribution in [0.2, 0.25) is 0 Å². The zero-order chi connectivity index (χ0) is 13.5. The molecule has 0 aliphatic heterocycles. The SMILES string of the molecule is C=CCN(CC=C)C(=O)Nc1cccc(C)c1C. The summed E-state index contributed by atoms with van der Waals surface area (Å²) in [6.07, 6.45) is 3.40. The molecule has 18 heavy (non-hydrogen) atoms. The van der Waals surface area contributed by atoms with E-state index in [-0.39, 0.29) is 6.03 Å². The van der Waals surface area contributed by atoms with Gasteiger partial charge >= 0.3 is 6.03 Å². The van der Waals surface area contributed by atoms with Crippen LogP contribution in [-0.4, -0.2) is 24.0 Å². The zero-order valence-corrected chi connectivity index (χ0v) is 11.1. The number of hydrogen-bond acceptors (Lipinski definition) is 1. The number of anilines is 1. The number of carbonyl (C=O) groups excluding carboxylic acids is 1. The fourth-order valence-corrected chi connectivity index (χ4v) is 1.63. The number of aryl methyl sites for hydroxylation is 1. The molecule has 2 amide bonds. The maximum absolute atomic E-state index is 12.1. The fraction of sp³-hybridized carbons (Fsp3) is 0.267. The Labute approximate surface area is 109 Å². The van der Waals surface area contributed by atoms with Gasteiger partial charge < -0.3 is 10.2 Å². The Bertz CT molecular complexity index is 442. The van der Waals surface area contributed by atoms with E-state index >= 15 is 0 Å². The molecule has 0 aliphatic carbocycles. The van der Waals surface area contributed by atoms with Gasteiger partial charge in [-0.25, -0.2) is 4.79 Å². The third-order valence-electron chi connectivity index (χ3n) is 2.83. The monoisotopic (exact) mass is 244 g/mol. The van der Waals surface area contributed by atoms with E-state index in [9.17, 15) is 4.79 Å². The van der Waals surface area contributed by atoms with Crippen LogP contribution < -0.4 is 5.32 Å². The van der Waals surface area contributed by atoms with Gasteiger partial charge in [0, 0.05) is 18.8 Å². The van der Waals surface area contributed by atoms with Gasteiger partial charge in [-0.2, -0.15) is 0 Å². The van der Waals surface area contributed by atoms with Crippen LogP contribution >= 0.6 is 0 Å². The van der Waals surface area contributed by atoms with Gasteiger partial charge in [0.15, 0.2) is 0 Å². The van der Waals surface area contributed by atoms with Crippen LogP contribution in [0.4, 0.5) is 10.5 Å². The number of carbonyl (C=O) groups is 1. The first kappa shape index (κ1) is 14.0. The highest BCUT2D eigenvalue weighted by molar-refractivity contribution is 5.90. The second-order valence-electron chi connectivity index (χ2n) is 4.16. The van der Waals surface area contributed by atoms with Crippen molar-refractivity contribution in [1.82, 2.24) is 4.90 Å². The first-order chi connectivity index (χ1) is 8.60. The summed E-state index contributed by atoms with van der Waals surface area (Å²) in [4.78, 5) is 13.7. The van der Waals surface area contributed by atoms with Crippen LogP contribution in [0.5, 0.6) is 0 Å². The van der Waals surface area contributed by atoms with E-state index in [0.29, 0.717) is 13.1 Å². The van der Waals surface area contributed by atoms with Crippen LogP contribution in [0, 0.1) is 13.8 Å². The van der Waals surface area contributed by atoms with Gasteiger partial charge in [0.25, 0.3) is 0 Å². The first-order valence-electron chi connectivity index (χ1n) is 5.94. The van der Waals surface area contributed by atoms with E-state index in [2.05, 4.69) is 18.5 Å². The van der Waals surface area contributed by atoms with Crippen molar-refractivity contribution in [3.8, 4) is 0 Å². The molecule has 3 heteroatoms. The molecule has 0 spiro atoms. The topological polar surface area (TPSA) is 32.3 Å². The lowest BCUT2D eigenvalue weighted by atomic mass is 10.1. The number of hydrogen-bond donors (Lipinski definition) is 1. The Hall–Kier alpha value is -2.03. The molecule has 96 valence electrons. The van der Waals surface area contributed by atoms with Crippen LogP contribution in [0.25, 0.3) is 0 Å². The molecule has 0 atom stereocenters. The van der Waals surface area contributed by atoms with Gasteiger partial charge in [-0.1, -0.05) is 24.3 Å². The summed E-state index contributed by atoms with van der Waals surface area (Å²) >= 11 is 0. The Morgan fingerprint density at radius 3 is 2.44 bits per heavy atom. The Balaban J connectivity index is 2.81. The average Bonchev–Trinajstić information content (AvgIpc) is 2.34. The molecule has 0 fully saturated rings. The smallest absolute Gasteiger partial charge is 0.317 e. The zero-order valence-electron chi connectivity index (χ0n) is 11.1. The molecule has 1 aromatic rings. The van der Waals surface area contributed by atoms with E-state index in [4.69, 9.17) is 0 Å². The van der Waals surface area contributed by atoms with Crippen molar-refractivity contribution in [2.24, 2.45) is 0 Å². The molecule has 0 saturated carbocycles. The van der Waals surface area contributed by atoms with E-state index in [1.807, 2.05) is 32.0 Å². The predicted molar refractivity (Wildman–Crippen MR) is 76.9 cm³/mol. The van der Waals surface area contributed by atoms with Crippen molar-refractivity contribution in [3.05, 3.63) is 54.6 Å². The molecular weight excluding hydrogens is 224 g/mol. The molecule has 1 N–H and O–H groups in total. The summed E-state index contributed by atoms with van der Waals surface area (Å²) in [5.41, 5.74) is 3.09. The van der Waals surface area contributed by atoms with E-state index in [1.165, 1.54) is 0 Å². The maximum Gasteiger partial charge on any atom is 0.322 e. The summed E-state index contributed by atoms with van der Waals surface area (Å²) in [5, 5.41) is 2.91. The molecule has 0 bridgehead atoms. The van der Waals surface area contributed by atoms with Crippen LogP contribution in [0.15, 0.2) is 43.5 Å². The van der Waals surface area contributed by atoms with Crippen LogP contribution in [0.1, 0.15) is 11.1 Å². The Kier molecular flexibility index (Phi) is 5.18. The van der Waals surface area contributed by atoms with Crippen molar-refractivity contribution < 1.29 is 4.79 Å². The molecule has 3 nitrogen and oxygen atoms in total. The lowest BCUT2D eigenvalue weighted by Gasteiger charge is -2.21. The van der Waals surface area contributed by atoms with Gasteiger partial charge in [0.1, 0.15) is 0 Å². The normalized spacial score (nSPS) is 9.67. The summed E-state index contributed by atoms with van der Waals surface area (Å²) in [6, 6.07) is 5.73. The van der Waals surface area contributed by atoms with Crippen LogP contribution in [0.3, 0.4) is 0 Å². The predicted octanol–water partition coefficient (Wildman–Crippen LogP) is 3.51. The van der Waals surface area contributed by atoms with Crippen molar-refractivity contribution in [1.29, 1.82) is 0 Å². The molecular formula is C15H20N2O. The summed E-state index contributed by atoms with van der Waals surface area (Å²) in [7, 11) is 0. The highest BCUT2D eigenvalue weighted by Crippen LogP contribution is 2.18. The van der Waals surface area contributed by atoms with E-state index < -0.39 is 0 Å². The van der Waals surface area contributed by atoms with Crippen molar-refractivity contribution in [2.75, 3.05) is 18.4 Å². The number of benzene rings is 1. The molecule has 0 radical (unpaired) electrons. The van der Waals surface area contributed by atoms with Gasteiger partial charge in [-0.15, -0.1) is 13.2 Å². The minimum Gasteiger partial charge on any atom is -0.317 e. The minimum atomic E-state index is -0.136. The Morgan fingerprint density at radius 1 is 1.28 bits per heavy atom. The minimum absolute atomic E-state index is 0.136. The standard InChI is InChI=1S/C15H20N2O/c1-5-10-17(11-6-2)15(18)16-14-9-7-8-12(3)13(14)4/h5-9H,1-2,10-11H2,3-4H3,(H,16,18). The van der Waals surface area contributed by atoms with Crippen LogP contribution in [-0.2, 0) is 0 Å². The van der Waals surface area contributed by atoms with Gasteiger partial charge in [-0.05, 0) is 31.0 Å². The fourth-order valence-electron chi connectivity index (χ4n) is 1.63. The van der Waals surface area contributed by atoms with E-state index in [0.717, 1.165) is 16.8 Å². The first-order valence-corrected chi connectivity index (χ1v) is 5.94. The van der Waals surface area contributed by atoms with Gasteiger partial charge in [0.05, 0.1) is 0 Å². The molecule has 0 aliphatic rings. The molecule has 0 saturated heterocycles. The van der Waals surface area contributed by atoms with E-state index in [1.54, 1.807) is 17.1 Å². The summed E-state index contributed by atoms with van der Waals surface area (Å²) < 4.78 is 0. The van der Waals surface area contributed by atoms with Crippen molar-refractivity contribution in [2.45, 2.75) is 13.8 Å². The van der Waals surface area contributed by atoms with Crippen molar-refractivity contribution >= 4 is 11.7 Å². The summed E-state index contributed by atoms with van der Waals surface area (Å²) in [6.45, 7) is 12.3. The second-order valence-corrected chi connectivity index (χ2v) is 4.16. The molecule has 1 aromatic carbocycles. The third-order valence-corrected chi connectivity index (χ3v) is 2.83. The molecule has 1 rings (SSSR count). The Morgan fingerprint density at radius 2 is 1.89 bits per heavy atom. The second kappa shape index (κ2) is 6.64. The highest BCUT2D eigenvalue weighted by atomic mass is 16.2. The number of rotatable bonds is 5. The highest BCUT2D eigenvalue weighted by Gasteiger charge is 2.11. The number of urea groups is 1. The van der Waals surface area contributed by atoms with Gasteiger partial charge in [0.2, 0.25) is 0 Å². The van der Waals surface area contributed by atoms with Crippen molar-refractivity contribution in [3.63, 3.8) is 0 Å². The molecule has 0 unspecified atom stereocenters. The number of nitrogens with one attached hydrogen (secondary N) is 1. The maximum atomic E-state index is 12.1. The van der Waals surface area contributed by atoms with Gasteiger partial charge in [-0.3, -0.25) is 0 Å². The largest absolute Gasteiger partial charge is 0.322 e. The average molecular weight is 244 g/mol. The molecule has 0 aromatic heterocycles. The lowest BCUT2D eigenvalue weighted by molar-refractivity contribution is 0.222. The molecule has 0 heterocycles. The summed E-state index contributed by atoms with van der Waals surface area (Å²) in [5.74, 6) is 0. The number of amides is 2. The lowest BCUT2D eigenvalue weighted by Crippen LogP contribution is -2.35.